The van der Waals surface area contributed by atoms with Crippen LogP contribution in [0.5, 0.6) is 0 Å². The SMILES string of the molecule is NC1CCCCCCC1S(=O)(=O)Cc1ccccc1. The van der Waals surface area contributed by atoms with Crippen molar-refractivity contribution >= 4 is 9.84 Å². The molecule has 19 heavy (non-hydrogen) atoms. The summed E-state index contributed by atoms with van der Waals surface area (Å²) < 4.78 is 25.1. The molecule has 4 heteroatoms. The van der Waals surface area contributed by atoms with Gasteiger partial charge in [0.1, 0.15) is 0 Å². The number of hydrogen-bond acceptors (Lipinski definition) is 3. The van der Waals surface area contributed by atoms with E-state index >= 15 is 0 Å². The van der Waals surface area contributed by atoms with Crippen molar-refractivity contribution in [2.24, 2.45) is 5.73 Å². The molecular weight excluding hydrogens is 258 g/mol. The fourth-order valence-corrected chi connectivity index (χ4v) is 4.90. The van der Waals surface area contributed by atoms with Crippen LogP contribution in [-0.4, -0.2) is 19.7 Å². The van der Waals surface area contributed by atoms with E-state index in [1.165, 1.54) is 6.42 Å². The quantitative estimate of drug-likeness (QED) is 0.926. The Morgan fingerprint density at radius 3 is 2.32 bits per heavy atom. The summed E-state index contributed by atoms with van der Waals surface area (Å²) in [6, 6.07) is 9.19. The number of nitrogens with two attached hydrogens (primary N) is 1. The summed E-state index contributed by atoms with van der Waals surface area (Å²) in [4.78, 5) is 0. The van der Waals surface area contributed by atoms with E-state index in [4.69, 9.17) is 5.73 Å². The first kappa shape index (κ1) is 14.5. The van der Waals surface area contributed by atoms with Crippen LogP contribution in [0.1, 0.15) is 44.1 Å². The molecule has 2 atom stereocenters. The summed E-state index contributed by atoms with van der Waals surface area (Å²) in [6.07, 6.45) is 5.89. The summed E-state index contributed by atoms with van der Waals surface area (Å²) in [5, 5.41) is -0.368. The molecule has 1 fully saturated rings. The lowest BCUT2D eigenvalue weighted by atomic mass is 9.97. The van der Waals surface area contributed by atoms with Gasteiger partial charge in [-0.2, -0.15) is 0 Å². The van der Waals surface area contributed by atoms with Crippen molar-refractivity contribution in [3.8, 4) is 0 Å². The van der Waals surface area contributed by atoms with Gasteiger partial charge in [-0.15, -0.1) is 0 Å². The normalized spacial score (nSPS) is 25.5. The molecule has 2 rings (SSSR count). The van der Waals surface area contributed by atoms with Gasteiger partial charge in [-0.1, -0.05) is 56.0 Å². The molecule has 1 aromatic rings. The summed E-state index contributed by atoms with van der Waals surface area (Å²) in [7, 11) is -3.15. The molecule has 2 unspecified atom stereocenters. The first-order valence-corrected chi connectivity index (χ1v) is 8.82. The number of sulfone groups is 1. The van der Waals surface area contributed by atoms with Gasteiger partial charge in [-0.3, -0.25) is 0 Å². The summed E-state index contributed by atoms with van der Waals surface area (Å²) in [6.45, 7) is 0. The topological polar surface area (TPSA) is 60.2 Å². The maximum atomic E-state index is 12.6. The highest BCUT2D eigenvalue weighted by Gasteiger charge is 2.31. The Labute approximate surface area is 116 Å². The minimum atomic E-state index is -3.15. The van der Waals surface area contributed by atoms with Crippen molar-refractivity contribution < 1.29 is 8.42 Å². The van der Waals surface area contributed by atoms with Gasteiger partial charge in [0.25, 0.3) is 0 Å². The highest BCUT2D eigenvalue weighted by atomic mass is 32.2. The Morgan fingerprint density at radius 2 is 1.63 bits per heavy atom. The minimum absolute atomic E-state index is 0.117. The lowest BCUT2D eigenvalue weighted by Gasteiger charge is -2.26. The summed E-state index contributed by atoms with van der Waals surface area (Å²) in [5.41, 5.74) is 6.97. The summed E-state index contributed by atoms with van der Waals surface area (Å²) in [5.74, 6) is 0.117. The zero-order chi connectivity index (χ0) is 13.7. The van der Waals surface area contributed by atoms with Gasteiger partial charge < -0.3 is 5.73 Å². The lowest BCUT2D eigenvalue weighted by Crippen LogP contribution is -2.41. The highest BCUT2D eigenvalue weighted by Crippen LogP contribution is 2.24. The van der Waals surface area contributed by atoms with Gasteiger partial charge in [-0.05, 0) is 18.4 Å². The van der Waals surface area contributed by atoms with Gasteiger partial charge in [-0.25, -0.2) is 8.42 Å². The van der Waals surface area contributed by atoms with Crippen molar-refractivity contribution in [1.29, 1.82) is 0 Å². The largest absolute Gasteiger partial charge is 0.327 e. The first-order chi connectivity index (χ1) is 9.09. The Balaban J connectivity index is 2.12. The van der Waals surface area contributed by atoms with Gasteiger partial charge in [0.05, 0.1) is 11.0 Å². The van der Waals surface area contributed by atoms with E-state index in [1.807, 2.05) is 30.3 Å². The standard InChI is InChI=1S/C15H23NO2S/c16-14-10-6-1-2-7-11-15(14)19(17,18)12-13-8-4-3-5-9-13/h3-5,8-9,14-15H,1-2,6-7,10-12,16H2. The van der Waals surface area contributed by atoms with E-state index in [0.717, 1.165) is 37.7 Å². The van der Waals surface area contributed by atoms with Crippen LogP contribution in [0.25, 0.3) is 0 Å². The van der Waals surface area contributed by atoms with Crippen LogP contribution in [-0.2, 0) is 15.6 Å². The Kier molecular flexibility index (Phi) is 4.99. The molecule has 0 aromatic heterocycles. The molecule has 0 bridgehead atoms. The Hall–Kier alpha value is -0.870. The molecule has 2 N–H and O–H groups in total. The van der Waals surface area contributed by atoms with Crippen LogP contribution in [0.2, 0.25) is 0 Å². The Bertz CT molecular complexity index is 484. The summed E-state index contributed by atoms with van der Waals surface area (Å²) >= 11 is 0. The van der Waals surface area contributed by atoms with Crippen LogP contribution in [0.4, 0.5) is 0 Å². The molecule has 3 nitrogen and oxygen atoms in total. The van der Waals surface area contributed by atoms with Crippen LogP contribution in [0.3, 0.4) is 0 Å². The molecule has 1 aromatic carbocycles. The van der Waals surface area contributed by atoms with Crippen molar-refractivity contribution in [2.75, 3.05) is 0 Å². The molecule has 1 aliphatic rings. The monoisotopic (exact) mass is 281 g/mol. The van der Waals surface area contributed by atoms with Crippen LogP contribution < -0.4 is 5.73 Å². The zero-order valence-corrected chi connectivity index (χ0v) is 12.1. The second-order valence-corrected chi connectivity index (χ2v) is 7.71. The first-order valence-electron chi connectivity index (χ1n) is 7.11. The van der Waals surface area contributed by atoms with Gasteiger partial charge in [0, 0.05) is 6.04 Å². The van der Waals surface area contributed by atoms with Crippen molar-refractivity contribution in [1.82, 2.24) is 0 Å². The predicted octanol–water partition coefficient (Wildman–Crippen LogP) is 2.65. The highest BCUT2D eigenvalue weighted by molar-refractivity contribution is 7.91. The molecule has 1 saturated carbocycles. The molecule has 0 aliphatic heterocycles. The van der Waals surface area contributed by atoms with E-state index in [0.29, 0.717) is 0 Å². The fraction of sp³-hybridized carbons (Fsp3) is 0.600. The van der Waals surface area contributed by atoms with Crippen molar-refractivity contribution in [3.05, 3.63) is 35.9 Å². The van der Waals surface area contributed by atoms with E-state index in [2.05, 4.69) is 0 Å². The molecule has 0 saturated heterocycles. The second kappa shape index (κ2) is 6.53. The molecule has 1 aliphatic carbocycles. The fourth-order valence-electron chi connectivity index (χ4n) is 2.84. The van der Waals surface area contributed by atoms with Crippen LogP contribution in [0, 0.1) is 0 Å². The van der Waals surface area contributed by atoms with E-state index in [1.54, 1.807) is 0 Å². The molecule has 0 amide bonds. The van der Waals surface area contributed by atoms with Gasteiger partial charge in [0.2, 0.25) is 0 Å². The van der Waals surface area contributed by atoms with E-state index < -0.39 is 9.84 Å². The van der Waals surface area contributed by atoms with E-state index in [-0.39, 0.29) is 17.0 Å². The molecule has 0 spiro atoms. The molecular formula is C15H23NO2S. The third-order valence-electron chi connectivity index (χ3n) is 3.93. The minimum Gasteiger partial charge on any atom is -0.327 e. The smallest absolute Gasteiger partial charge is 0.158 e. The average Bonchev–Trinajstić information content (AvgIpc) is 2.34. The zero-order valence-electron chi connectivity index (χ0n) is 11.3. The second-order valence-electron chi connectivity index (χ2n) is 5.49. The number of hydrogen-bond donors (Lipinski definition) is 1. The van der Waals surface area contributed by atoms with Gasteiger partial charge in [0.15, 0.2) is 9.84 Å². The Morgan fingerprint density at radius 1 is 1.00 bits per heavy atom. The van der Waals surface area contributed by atoms with Gasteiger partial charge >= 0.3 is 0 Å². The molecule has 0 heterocycles. The number of benzene rings is 1. The molecule has 106 valence electrons. The third kappa shape index (κ3) is 4.05. The average molecular weight is 281 g/mol. The van der Waals surface area contributed by atoms with Crippen LogP contribution >= 0.6 is 0 Å². The van der Waals surface area contributed by atoms with E-state index in [9.17, 15) is 8.42 Å². The lowest BCUT2D eigenvalue weighted by molar-refractivity contribution is 0.443. The number of rotatable bonds is 3. The maximum Gasteiger partial charge on any atom is 0.158 e. The van der Waals surface area contributed by atoms with Crippen LogP contribution in [0.15, 0.2) is 30.3 Å². The third-order valence-corrected chi connectivity index (χ3v) is 6.17. The van der Waals surface area contributed by atoms with Crippen molar-refractivity contribution in [3.63, 3.8) is 0 Å². The predicted molar refractivity (Wildman–Crippen MR) is 78.5 cm³/mol. The maximum absolute atomic E-state index is 12.6. The molecule has 0 radical (unpaired) electrons. The van der Waals surface area contributed by atoms with Crippen molar-refractivity contribution in [2.45, 2.75) is 55.6 Å².